The van der Waals surface area contributed by atoms with E-state index in [9.17, 15) is 36.0 Å². The molecule has 0 radical (unpaired) electrons. The van der Waals surface area contributed by atoms with Crippen molar-refractivity contribution in [3.63, 3.8) is 0 Å². The van der Waals surface area contributed by atoms with Crippen LogP contribution in [0.15, 0.2) is 68.4 Å². The number of halogens is 4. The highest BCUT2D eigenvalue weighted by atomic mass is 35.5. The zero-order valence-electron chi connectivity index (χ0n) is 17.0. The second kappa shape index (κ2) is 8.87. The summed E-state index contributed by atoms with van der Waals surface area (Å²) in [6, 6.07) is 8.94. The van der Waals surface area contributed by atoms with Crippen molar-refractivity contribution < 1.29 is 26.4 Å². The minimum atomic E-state index is -4.68. The summed E-state index contributed by atoms with van der Waals surface area (Å²) >= 11 is 6.46. The van der Waals surface area contributed by atoms with Gasteiger partial charge < -0.3 is 10.3 Å². The number of carbonyl (C=O) groups excluding carboxylic acids is 1. The summed E-state index contributed by atoms with van der Waals surface area (Å²) in [5.41, 5.74) is -2.87. The summed E-state index contributed by atoms with van der Waals surface area (Å²) in [5, 5.41) is 1.93. The van der Waals surface area contributed by atoms with Gasteiger partial charge in [-0.05, 0) is 54.6 Å². The second-order valence-corrected chi connectivity index (χ2v) is 10.6. The lowest BCUT2D eigenvalue weighted by Gasteiger charge is -2.11. The maximum Gasteiger partial charge on any atom is 0.416 e. The third-order valence-corrected chi connectivity index (χ3v) is 7.70. The molecular weight excluding hydrogens is 533 g/mol. The highest BCUT2D eigenvalue weighted by Gasteiger charge is 2.31. The fourth-order valence-electron chi connectivity index (χ4n) is 3.09. The molecule has 0 aliphatic heterocycles. The molecule has 4 rings (SSSR count). The molecule has 0 saturated heterocycles. The van der Waals surface area contributed by atoms with E-state index in [4.69, 9.17) is 11.6 Å². The number of nitrogens with one attached hydrogen (secondary N) is 3. The van der Waals surface area contributed by atoms with Gasteiger partial charge in [-0.2, -0.15) is 13.2 Å². The number of H-pyrrole nitrogens is 1. The van der Waals surface area contributed by atoms with Gasteiger partial charge in [0.1, 0.15) is 4.21 Å². The summed E-state index contributed by atoms with van der Waals surface area (Å²) in [4.78, 5) is 39.7. The van der Waals surface area contributed by atoms with Gasteiger partial charge in [-0.15, -0.1) is 11.3 Å². The van der Waals surface area contributed by atoms with Crippen LogP contribution < -0.4 is 21.3 Å². The first-order chi connectivity index (χ1) is 16.3. The van der Waals surface area contributed by atoms with E-state index >= 15 is 0 Å². The number of urea groups is 1. The van der Waals surface area contributed by atoms with Gasteiger partial charge in [0.2, 0.25) is 0 Å². The molecule has 0 aliphatic carbocycles. The van der Waals surface area contributed by atoms with Gasteiger partial charge in [0.25, 0.3) is 15.6 Å². The van der Waals surface area contributed by atoms with Crippen molar-refractivity contribution >= 4 is 55.6 Å². The summed E-state index contributed by atoms with van der Waals surface area (Å²) < 4.78 is 66.0. The van der Waals surface area contributed by atoms with E-state index in [1.807, 2.05) is 4.72 Å². The third-order valence-electron chi connectivity index (χ3n) is 4.65. The number of amides is 2. The predicted molar refractivity (Wildman–Crippen MR) is 124 cm³/mol. The van der Waals surface area contributed by atoms with Crippen LogP contribution in [0.2, 0.25) is 4.34 Å². The maximum atomic E-state index is 13.0. The van der Waals surface area contributed by atoms with E-state index in [0.717, 1.165) is 23.5 Å². The molecule has 4 aromatic rings. The Bertz CT molecular complexity index is 1680. The van der Waals surface area contributed by atoms with Crippen molar-refractivity contribution in [2.45, 2.75) is 10.4 Å². The highest BCUT2D eigenvalue weighted by Crippen LogP contribution is 2.30. The first-order valence-electron chi connectivity index (χ1n) is 9.41. The molecule has 2 heterocycles. The molecule has 35 heavy (non-hydrogen) atoms. The summed E-state index contributed by atoms with van der Waals surface area (Å²) in [6.45, 7) is 0. The smallest absolute Gasteiger partial charge is 0.307 e. The zero-order valence-corrected chi connectivity index (χ0v) is 19.4. The fraction of sp³-hybridized carbons (Fsp3) is 0.0500. The van der Waals surface area contributed by atoms with Gasteiger partial charge in [-0.25, -0.2) is 27.3 Å². The molecule has 0 saturated carbocycles. The SMILES string of the molecule is O=C(Nc1ccc(-n2c(=O)[nH]c3ccc(C(F)(F)F)cc3c2=O)cc1)NS(=O)(=O)c1ccc(Cl)s1. The Morgan fingerprint density at radius 2 is 1.71 bits per heavy atom. The fourth-order valence-corrected chi connectivity index (χ4v) is 5.48. The van der Waals surface area contributed by atoms with Gasteiger partial charge >= 0.3 is 17.9 Å². The first-order valence-corrected chi connectivity index (χ1v) is 12.1. The molecule has 0 fully saturated rings. The lowest BCUT2D eigenvalue weighted by atomic mass is 10.1. The summed E-state index contributed by atoms with van der Waals surface area (Å²) in [6.07, 6.45) is -4.68. The van der Waals surface area contributed by atoms with E-state index < -0.39 is 39.0 Å². The summed E-state index contributed by atoms with van der Waals surface area (Å²) in [5.74, 6) is 0. The number of anilines is 1. The number of hydrogen-bond donors (Lipinski definition) is 3. The van der Waals surface area contributed by atoms with E-state index in [2.05, 4.69) is 10.3 Å². The van der Waals surface area contributed by atoms with Gasteiger partial charge in [0, 0.05) is 5.69 Å². The Labute approximate surface area is 202 Å². The Balaban J connectivity index is 1.60. The van der Waals surface area contributed by atoms with Crippen LogP contribution in [0.4, 0.5) is 23.7 Å². The largest absolute Gasteiger partial charge is 0.416 e. The van der Waals surface area contributed by atoms with Gasteiger partial charge in [0.15, 0.2) is 0 Å². The van der Waals surface area contributed by atoms with Crippen LogP contribution in [0.1, 0.15) is 5.56 Å². The standard InChI is InChI=1S/C20H12ClF3N4O5S2/c21-15-7-8-16(34-15)35(32,33)27-18(30)25-11-2-4-12(5-3-11)28-17(29)13-9-10(20(22,23)24)1-6-14(13)26-19(28)31/h1-9H,(H,26,31)(H2,25,27,30). The molecule has 2 aromatic carbocycles. The number of carbonyl (C=O) groups is 1. The molecule has 15 heteroatoms. The third kappa shape index (κ3) is 5.08. The summed E-state index contributed by atoms with van der Waals surface area (Å²) in [7, 11) is -4.15. The van der Waals surface area contributed by atoms with E-state index in [0.29, 0.717) is 10.6 Å². The minimum Gasteiger partial charge on any atom is -0.307 e. The number of sulfonamides is 1. The number of alkyl halides is 3. The Morgan fingerprint density at radius 3 is 2.31 bits per heavy atom. The molecule has 0 atom stereocenters. The van der Waals surface area contributed by atoms with Crippen molar-refractivity contribution in [2.24, 2.45) is 0 Å². The molecule has 2 amide bonds. The molecule has 182 valence electrons. The molecule has 0 unspecified atom stereocenters. The van der Waals surface area contributed by atoms with E-state index in [1.165, 1.54) is 36.4 Å². The van der Waals surface area contributed by atoms with Gasteiger partial charge in [-0.3, -0.25) is 4.79 Å². The first kappa shape index (κ1) is 24.5. The monoisotopic (exact) mass is 544 g/mol. The van der Waals surface area contributed by atoms with Crippen LogP contribution in [0.3, 0.4) is 0 Å². The molecule has 3 N–H and O–H groups in total. The predicted octanol–water partition coefficient (Wildman–Crippen LogP) is 3.92. The number of benzene rings is 2. The number of fused-ring (bicyclic) bond motifs is 1. The van der Waals surface area contributed by atoms with Crippen molar-refractivity contribution in [1.29, 1.82) is 0 Å². The number of thiophene rings is 1. The normalized spacial score (nSPS) is 12.0. The number of rotatable bonds is 4. The van der Waals surface area contributed by atoms with Crippen molar-refractivity contribution in [1.82, 2.24) is 14.3 Å². The van der Waals surface area contributed by atoms with Crippen LogP contribution >= 0.6 is 22.9 Å². The zero-order chi connectivity index (χ0) is 25.5. The van der Waals surface area contributed by atoms with Crippen LogP contribution in [-0.4, -0.2) is 24.0 Å². The Hall–Kier alpha value is -3.62. The molecule has 0 aliphatic rings. The number of hydrogen-bond acceptors (Lipinski definition) is 6. The van der Waals surface area contributed by atoms with Crippen molar-refractivity contribution in [3.8, 4) is 5.69 Å². The van der Waals surface area contributed by atoms with Gasteiger partial charge in [-0.1, -0.05) is 11.6 Å². The van der Waals surface area contributed by atoms with Crippen molar-refractivity contribution in [2.75, 3.05) is 5.32 Å². The molecule has 2 aromatic heterocycles. The molecular formula is C20H12ClF3N4O5S2. The average Bonchev–Trinajstić information content (AvgIpc) is 3.21. The highest BCUT2D eigenvalue weighted by molar-refractivity contribution is 7.92. The van der Waals surface area contributed by atoms with Crippen molar-refractivity contribution in [3.05, 3.63) is 85.3 Å². The van der Waals surface area contributed by atoms with Crippen LogP contribution in [0.25, 0.3) is 16.6 Å². The van der Waals surface area contributed by atoms with Crippen LogP contribution in [-0.2, 0) is 16.2 Å². The van der Waals surface area contributed by atoms with E-state index in [1.54, 1.807) is 0 Å². The lowest BCUT2D eigenvalue weighted by molar-refractivity contribution is -0.137. The molecule has 0 bridgehead atoms. The quantitative estimate of drug-likeness (QED) is 0.358. The topological polar surface area (TPSA) is 130 Å². The van der Waals surface area contributed by atoms with Gasteiger partial charge in [0.05, 0.1) is 26.5 Å². The van der Waals surface area contributed by atoms with Crippen LogP contribution in [0, 0.1) is 0 Å². The van der Waals surface area contributed by atoms with E-state index in [-0.39, 0.29) is 30.8 Å². The molecule has 0 spiro atoms. The Kier molecular flexibility index (Phi) is 6.21. The number of nitrogens with zero attached hydrogens (tertiary/aromatic N) is 1. The lowest BCUT2D eigenvalue weighted by Crippen LogP contribution is -2.34. The van der Waals surface area contributed by atoms with Crippen LogP contribution in [0.5, 0.6) is 0 Å². The average molecular weight is 545 g/mol. The maximum absolute atomic E-state index is 13.0. The molecule has 9 nitrogen and oxygen atoms in total. The Morgan fingerprint density at radius 1 is 1.03 bits per heavy atom. The number of aromatic amines is 1. The second-order valence-electron chi connectivity index (χ2n) is 6.99. The minimum absolute atomic E-state index is 0.00219. The number of aromatic nitrogens is 2.